The Morgan fingerprint density at radius 2 is 1.79 bits per heavy atom. The van der Waals surface area contributed by atoms with Crippen LogP contribution in [0.15, 0.2) is 65.7 Å². The first kappa shape index (κ1) is 20.1. The van der Waals surface area contributed by atoms with E-state index in [1.165, 1.54) is 29.5 Å². The number of thiazole rings is 1. The predicted octanol–water partition coefficient (Wildman–Crippen LogP) is 3.18. The van der Waals surface area contributed by atoms with Gasteiger partial charge in [0.05, 0.1) is 4.90 Å². The highest BCUT2D eigenvalue weighted by atomic mass is 32.2. The Balaban J connectivity index is 1.49. The number of amides is 1. The van der Waals surface area contributed by atoms with E-state index < -0.39 is 10.0 Å². The van der Waals surface area contributed by atoms with Crippen molar-refractivity contribution in [3.8, 4) is 0 Å². The summed E-state index contributed by atoms with van der Waals surface area (Å²) in [6.45, 7) is -0.0312. The van der Waals surface area contributed by atoms with Gasteiger partial charge in [-0.3, -0.25) is 4.79 Å². The van der Waals surface area contributed by atoms with Gasteiger partial charge in [-0.05, 0) is 23.8 Å². The number of hydrogen-bond acceptors (Lipinski definition) is 5. The first-order valence-corrected chi connectivity index (χ1v) is 10.8. The number of halogens is 1. The molecule has 0 atom stereocenters. The third-order valence-corrected chi connectivity index (χ3v) is 6.21. The number of nitrogens with one attached hydrogen (secondary N) is 2. The zero-order valence-electron chi connectivity index (χ0n) is 14.8. The summed E-state index contributed by atoms with van der Waals surface area (Å²) in [7, 11) is -3.64. The lowest BCUT2D eigenvalue weighted by Crippen LogP contribution is -2.27. The van der Waals surface area contributed by atoms with Crippen LogP contribution in [0.25, 0.3) is 0 Å². The molecule has 0 aliphatic rings. The molecule has 0 unspecified atom stereocenters. The summed E-state index contributed by atoms with van der Waals surface area (Å²) in [5, 5.41) is 3.02. The SMILES string of the molecule is O=C(CCNS(=O)(=O)c1ccccc1)Nc1ncc(Cc2ccccc2F)s1. The summed E-state index contributed by atoms with van der Waals surface area (Å²) < 4.78 is 40.3. The third kappa shape index (κ3) is 5.44. The highest BCUT2D eigenvalue weighted by Crippen LogP contribution is 2.22. The van der Waals surface area contributed by atoms with Crippen LogP contribution in [0.4, 0.5) is 9.52 Å². The lowest BCUT2D eigenvalue weighted by molar-refractivity contribution is -0.116. The van der Waals surface area contributed by atoms with E-state index in [-0.39, 0.29) is 29.6 Å². The summed E-state index contributed by atoms with van der Waals surface area (Å²) in [4.78, 5) is 17.1. The first-order valence-electron chi connectivity index (χ1n) is 8.47. The molecule has 0 radical (unpaired) electrons. The van der Waals surface area contributed by atoms with Crippen molar-refractivity contribution in [2.75, 3.05) is 11.9 Å². The normalized spacial score (nSPS) is 11.3. The topological polar surface area (TPSA) is 88.2 Å². The van der Waals surface area contributed by atoms with Crippen molar-refractivity contribution in [3.05, 3.63) is 77.1 Å². The molecule has 0 aliphatic carbocycles. The summed E-state index contributed by atoms with van der Waals surface area (Å²) in [5.74, 6) is -0.644. The van der Waals surface area contributed by atoms with E-state index in [4.69, 9.17) is 0 Å². The number of aromatic nitrogens is 1. The summed E-state index contributed by atoms with van der Waals surface area (Å²) in [5.41, 5.74) is 0.555. The second kappa shape index (κ2) is 9.05. The zero-order valence-corrected chi connectivity index (χ0v) is 16.4. The van der Waals surface area contributed by atoms with Gasteiger partial charge in [-0.15, -0.1) is 11.3 Å². The average molecular weight is 420 g/mol. The van der Waals surface area contributed by atoms with Gasteiger partial charge in [0.2, 0.25) is 15.9 Å². The van der Waals surface area contributed by atoms with E-state index >= 15 is 0 Å². The Morgan fingerprint density at radius 3 is 2.54 bits per heavy atom. The number of sulfonamides is 1. The number of hydrogen-bond donors (Lipinski definition) is 2. The van der Waals surface area contributed by atoms with Crippen molar-refractivity contribution in [2.45, 2.75) is 17.7 Å². The fourth-order valence-corrected chi connectivity index (χ4v) is 4.34. The molecule has 1 heterocycles. The Labute approximate surface area is 166 Å². The molecule has 6 nitrogen and oxygen atoms in total. The molecule has 2 N–H and O–H groups in total. The maximum Gasteiger partial charge on any atom is 0.240 e. The lowest BCUT2D eigenvalue weighted by Gasteiger charge is -2.06. The molecule has 1 aromatic heterocycles. The van der Waals surface area contributed by atoms with E-state index in [9.17, 15) is 17.6 Å². The average Bonchev–Trinajstić information content (AvgIpc) is 3.11. The minimum atomic E-state index is -3.64. The molecule has 3 aromatic rings. The Bertz CT molecular complexity index is 1050. The molecule has 9 heteroatoms. The van der Waals surface area contributed by atoms with Crippen LogP contribution in [0.2, 0.25) is 0 Å². The van der Waals surface area contributed by atoms with Gasteiger partial charge in [0.15, 0.2) is 5.13 Å². The molecular formula is C19H18FN3O3S2. The Hall–Kier alpha value is -2.62. The quantitative estimate of drug-likeness (QED) is 0.587. The number of rotatable bonds is 8. The molecule has 28 heavy (non-hydrogen) atoms. The van der Waals surface area contributed by atoms with Crippen LogP contribution in [0, 0.1) is 5.82 Å². The van der Waals surface area contributed by atoms with E-state index in [0.717, 1.165) is 4.88 Å². The maximum atomic E-state index is 13.7. The molecular weight excluding hydrogens is 401 g/mol. The molecule has 0 fully saturated rings. The van der Waals surface area contributed by atoms with E-state index in [1.807, 2.05) is 0 Å². The van der Waals surface area contributed by atoms with Crippen molar-refractivity contribution in [2.24, 2.45) is 0 Å². The van der Waals surface area contributed by atoms with Crippen LogP contribution in [-0.4, -0.2) is 25.9 Å². The number of carbonyl (C=O) groups excluding carboxylic acids is 1. The largest absolute Gasteiger partial charge is 0.302 e. The molecule has 0 saturated heterocycles. The van der Waals surface area contributed by atoms with E-state index in [1.54, 1.807) is 42.6 Å². The summed E-state index contributed by atoms with van der Waals surface area (Å²) in [6, 6.07) is 14.4. The van der Waals surface area contributed by atoms with Crippen LogP contribution in [0.1, 0.15) is 16.9 Å². The van der Waals surface area contributed by atoms with Gasteiger partial charge in [-0.25, -0.2) is 22.5 Å². The third-order valence-electron chi connectivity index (χ3n) is 3.82. The molecule has 0 bridgehead atoms. The highest BCUT2D eigenvalue weighted by molar-refractivity contribution is 7.89. The van der Waals surface area contributed by atoms with E-state index in [0.29, 0.717) is 17.1 Å². The fraction of sp³-hybridized carbons (Fsp3) is 0.158. The van der Waals surface area contributed by atoms with Crippen molar-refractivity contribution >= 4 is 32.4 Å². The predicted molar refractivity (Wildman–Crippen MR) is 106 cm³/mol. The molecule has 2 aromatic carbocycles. The van der Waals surface area contributed by atoms with Gasteiger partial charge in [-0.2, -0.15) is 0 Å². The number of anilines is 1. The number of carbonyl (C=O) groups is 1. The van der Waals surface area contributed by atoms with Gasteiger partial charge in [0.1, 0.15) is 5.82 Å². The van der Waals surface area contributed by atoms with Crippen molar-refractivity contribution < 1.29 is 17.6 Å². The van der Waals surface area contributed by atoms with Crippen molar-refractivity contribution in [1.82, 2.24) is 9.71 Å². The van der Waals surface area contributed by atoms with Crippen molar-refractivity contribution in [1.29, 1.82) is 0 Å². The number of benzene rings is 2. The summed E-state index contributed by atoms with van der Waals surface area (Å²) >= 11 is 1.25. The molecule has 0 spiro atoms. The second-order valence-electron chi connectivity index (χ2n) is 5.91. The van der Waals surface area contributed by atoms with Gasteiger partial charge in [-0.1, -0.05) is 36.4 Å². The minimum absolute atomic E-state index is 0.0312. The van der Waals surface area contributed by atoms with Gasteiger partial charge in [0.25, 0.3) is 0 Å². The first-order chi connectivity index (χ1) is 13.4. The smallest absolute Gasteiger partial charge is 0.240 e. The van der Waals surface area contributed by atoms with Gasteiger partial charge in [0, 0.05) is 30.5 Å². The minimum Gasteiger partial charge on any atom is -0.302 e. The lowest BCUT2D eigenvalue weighted by atomic mass is 10.1. The van der Waals surface area contributed by atoms with Crippen molar-refractivity contribution in [3.63, 3.8) is 0 Å². The van der Waals surface area contributed by atoms with Crippen LogP contribution >= 0.6 is 11.3 Å². The Kier molecular flexibility index (Phi) is 6.50. The molecule has 0 saturated carbocycles. The second-order valence-corrected chi connectivity index (χ2v) is 8.79. The maximum absolute atomic E-state index is 13.7. The van der Waals surface area contributed by atoms with Gasteiger partial charge < -0.3 is 5.32 Å². The highest BCUT2D eigenvalue weighted by Gasteiger charge is 2.14. The Morgan fingerprint density at radius 1 is 1.07 bits per heavy atom. The van der Waals surface area contributed by atoms with E-state index in [2.05, 4.69) is 15.0 Å². The standard InChI is InChI=1S/C19H18FN3O3S2/c20-17-9-5-4-6-14(17)12-15-13-21-19(27-15)23-18(24)10-11-22-28(25,26)16-7-2-1-3-8-16/h1-9,13,22H,10-12H2,(H,21,23,24). The molecule has 146 valence electrons. The van der Waals surface area contributed by atoms with Crippen LogP contribution < -0.4 is 10.0 Å². The zero-order chi connectivity index (χ0) is 20.0. The van der Waals surface area contributed by atoms with Crippen LogP contribution in [0.5, 0.6) is 0 Å². The monoisotopic (exact) mass is 419 g/mol. The van der Waals surface area contributed by atoms with Crippen LogP contribution in [-0.2, 0) is 21.2 Å². The summed E-state index contributed by atoms with van der Waals surface area (Å²) in [6.07, 6.45) is 1.94. The molecule has 3 rings (SSSR count). The fourth-order valence-electron chi connectivity index (χ4n) is 2.44. The molecule has 0 aliphatic heterocycles. The van der Waals surface area contributed by atoms with Crippen LogP contribution in [0.3, 0.4) is 0 Å². The number of nitrogens with zero attached hydrogens (tertiary/aromatic N) is 1. The molecule has 1 amide bonds. The van der Waals surface area contributed by atoms with Gasteiger partial charge >= 0.3 is 0 Å².